The van der Waals surface area contributed by atoms with Gasteiger partial charge in [0.25, 0.3) is 5.69 Å². The summed E-state index contributed by atoms with van der Waals surface area (Å²) in [6.07, 6.45) is 4.31. The monoisotopic (exact) mass is 375 g/mol. The molecule has 0 fully saturated rings. The molecule has 28 heavy (non-hydrogen) atoms. The number of rotatable bonds is 5. The first-order valence-electron chi connectivity index (χ1n) is 8.65. The quantitative estimate of drug-likeness (QED) is 0.402. The van der Waals surface area contributed by atoms with Crippen molar-refractivity contribution in [2.24, 2.45) is 0 Å². The molecule has 3 aromatic rings. The number of anilines is 2. The zero-order valence-electron chi connectivity index (χ0n) is 15.0. The van der Waals surface area contributed by atoms with Crippen LogP contribution in [0.2, 0.25) is 0 Å². The summed E-state index contributed by atoms with van der Waals surface area (Å²) in [5, 5.41) is 21.9. The van der Waals surface area contributed by atoms with Crippen LogP contribution in [0.4, 0.5) is 17.1 Å². The number of nitrogens with zero attached hydrogens (tertiary/aromatic N) is 3. The van der Waals surface area contributed by atoms with E-state index in [4.69, 9.17) is 0 Å². The molecular weight excluding hydrogens is 358 g/mol. The first-order chi connectivity index (χ1) is 13.6. The average molecular weight is 375 g/mol. The summed E-state index contributed by atoms with van der Waals surface area (Å²) in [5.74, 6) is 0. The van der Waals surface area contributed by atoms with Crippen molar-refractivity contribution in [2.75, 3.05) is 17.2 Å². The number of hydrogen-bond donors (Lipinski definition) is 2. The molecular formula is C20H17N5O3. The highest BCUT2D eigenvalue weighted by molar-refractivity contribution is 5.98. The van der Waals surface area contributed by atoms with Gasteiger partial charge < -0.3 is 10.6 Å². The fourth-order valence-corrected chi connectivity index (χ4v) is 3.19. The van der Waals surface area contributed by atoms with Crippen LogP contribution in [0, 0.1) is 17.0 Å². The molecule has 2 N–H and O–H groups in total. The van der Waals surface area contributed by atoms with E-state index in [2.05, 4.69) is 15.7 Å². The third-order valence-electron chi connectivity index (χ3n) is 4.65. The van der Waals surface area contributed by atoms with Crippen molar-refractivity contribution in [1.82, 2.24) is 9.78 Å². The highest BCUT2D eigenvalue weighted by Gasteiger charge is 2.21. The molecule has 0 aliphatic carbocycles. The second kappa shape index (κ2) is 6.99. The molecule has 0 saturated heterocycles. The Morgan fingerprint density at radius 3 is 2.86 bits per heavy atom. The maximum absolute atomic E-state index is 11.6. The number of benzene rings is 2. The number of carbonyl (C=O) groups is 1. The SMILES string of the molecule is Cc1ccc(NC2=C(C=O)CNc3ccc(-n4cccn4)cc32)cc1[N+](=O)[O-]. The fraction of sp³-hybridized carbons (Fsp3) is 0.100. The molecule has 0 spiro atoms. The standard InChI is InChI=1S/C20H17N5O3/c1-13-3-4-15(9-19(13)25(27)28)23-20-14(12-26)11-21-18-6-5-16(10-17(18)20)24-8-2-7-22-24/h2-10,12,21,23H,11H2,1H3. The van der Waals surface area contributed by atoms with Crippen molar-refractivity contribution in [2.45, 2.75) is 6.92 Å². The van der Waals surface area contributed by atoms with Crippen LogP contribution < -0.4 is 10.6 Å². The van der Waals surface area contributed by atoms with Crippen molar-refractivity contribution in [1.29, 1.82) is 0 Å². The predicted octanol–water partition coefficient (Wildman–Crippen LogP) is 3.54. The number of nitro groups is 1. The third kappa shape index (κ3) is 3.11. The molecule has 0 saturated carbocycles. The summed E-state index contributed by atoms with van der Waals surface area (Å²) in [6.45, 7) is 2.06. The van der Waals surface area contributed by atoms with Gasteiger partial charge in [-0.3, -0.25) is 14.9 Å². The zero-order chi connectivity index (χ0) is 19.7. The number of fused-ring (bicyclic) bond motifs is 1. The summed E-state index contributed by atoms with van der Waals surface area (Å²) in [6, 6.07) is 12.5. The average Bonchev–Trinajstić information content (AvgIpc) is 3.24. The summed E-state index contributed by atoms with van der Waals surface area (Å²) < 4.78 is 1.73. The van der Waals surface area contributed by atoms with Crippen LogP contribution in [0.15, 0.2) is 60.4 Å². The van der Waals surface area contributed by atoms with Gasteiger partial charge in [0, 0.05) is 53.1 Å². The lowest BCUT2D eigenvalue weighted by atomic mass is 9.99. The smallest absolute Gasteiger partial charge is 0.274 e. The van der Waals surface area contributed by atoms with E-state index >= 15 is 0 Å². The second-order valence-electron chi connectivity index (χ2n) is 6.44. The molecule has 4 rings (SSSR count). The van der Waals surface area contributed by atoms with Gasteiger partial charge >= 0.3 is 0 Å². The molecule has 0 atom stereocenters. The molecule has 140 valence electrons. The number of nitro benzene ring substituents is 1. The van der Waals surface area contributed by atoms with Crippen LogP contribution in [0.25, 0.3) is 11.4 Å². The first-order valence-corrected chi connectivity index (χ1v) is 8.65. The first kappa shape index (κ1) is 17.5. The summed E-state index contributed by atoms with van der Waals surface area (Å²) in [4.78, 5) is 22.5. The molecule has 8 heteroatoms. The Morgan fingerprint density at radius 2 is 2.14 bits per heavy atom. The van der Waals surface area contributed by atoms with E-state index in [-0.39, 0.29) is 5.69 Å². The molecule has 0 radical (unpaired) electrons. The molecule has 1 aliphatic rings. The Labute approximate surface area is 160 Å². The number of aromatic nitrogens is 2. The van der Waals surface area contributed by atoms with Crippen molar-refractivity contribution in [3.8, 4) is 5.69 Å². The van der Waals surface area contributed by atoms with E-state index in [0.717, 1.165) is 23.2 Å². The van der Waals surface area contributed by atoms with Gasteiger partial charge in [0.05, 0.1) is 16.3 Å². The molecule has 2 heterocycles. The minimum atomic E-state index is -0.415. The molecule has 1 aromatic heterocycles. The minimum absolute atomic E-state index is 0.0257. The van der Waals surface area contributed by atoms with Crippen LogP contribution in [0.1, 0.15) is 11.1 Å². The van der Waals surface area contributed by atoms with E-state index in [0.29, 0.717) is 29.1 Å². The second-order valence-corrected chi connectivity index (χ2v) is 6.44. The van der Waals surface area contributed by atoms with Crippen molar-refractivity contribution in [3.05, 3.63) is 81.7 Å². The lowest BCUT2D eigenvalue weighted by molar-refractivity contribution is -0.385. The third-order valence-corrected chi connectivity index (χ3v) is 4.65. The number of aryl methyl sites for hydroxylation is 1. The van der Waals surface area contributed by atoms with Crippen molar-refractivity contribution < 1.29 is 9.72 Å². The van der Waals surface area contributed by atoms with Crippen molar-refractivity contribution in [3.63, 3.8) is 0 Å². The Kier molecular flexibility index (Phi) is 4.36. The van der Waals surface area contributed by atoms with Gasteiger partial charge in [-0.1, -0.05) is 6.07 Å². The van der Waals surface area contributed by atoms with E-state index in [1.54, 1.807) is 29.9 Å². The normalized spacial score (nSPS) is 12.9. The Morgan fingerprint density at radius 1 is 1.29 bits per heavy atom. The highest BCUT2D eigenvalue weighted by atomic mass is 16.6. The molecule has 8 nitrogen and oxygen atoms in total. The lowest BCUT2D eigenvalue weighted by Crippen LogP contribution is -2.19. The Balaban J connectivity index is 1.79. The Hall–Kier alpha value is -3.94. The number of carbonyl (C=O) groups excluding carboxylic acids is 1. The van der Waals surface area contributed by atoms with E-state index in [9.17, 15) is 14.9 Å². The van der Waals surface area contributed by atoms with E-state index in [1.165, 1.54) is 6.07 Å². The molecule has 2 aromatic carbocycles. The largest absolute Gasteiger partial charge is 0.380 e. The lowest BCUT2D eigenvalue weighted by Gasteiger charge is -2.24. The molecule has 1 aliphatic heterocycles. The number of hydrogen-bond acceptors (Lipinski definition) is 6. The predicted molar refractivity (Wildman–Crippen MR) is 106 cm³/mol. The number of aldehydes is 1. The maximum Gasteiger partial charge on any atom is 0.274 e. The van der Waals surface area contributed by atoms with Gasteiger partial charge in [0.2, 0.25) is 0 Å². The molecule has 0 bridgehead atoms. The molecule has 0 amide bonds. The van der Waals surface area contributed by atoms with Gasteiger partial charge in [0.1, 0.15) is 6.29 Å². The van der Waals surface area contributed by atoms with Gasteiger partial charge in [0.15, 0.2) is 0 Å². The van der Waals surface area contributed by atoms with Crippen LogP contribution >= 0.6 is 0 Å². The maximum atomic E-state index is 11.6. The summed E-state index contributed by atoms with van der Waals surface area (Å²) in [5.41, 5.74) is 4.81. The van der Waals surface area contributed by atoms with E-state index < -0.39 is 4.92 Å². The number of nitrogens with one attached hydrogen (secondary N) is 2. The van der Waals surface area contributed by atoms with Gasteiger partial charge in [-0.25, -0.2) is 4.68 Å². The zero-order valence-corrected chi connectivity index (χ0v) is 15.0. The molecule has 0 unspecified atom stereocenters. The minimum Gasteiger partial charge on any atom is -0.380 e. The van der Waals surface area contributed by atoms with Gasteiger partial charge in [-0.2, -0.15) is 5.10 Å². The van der Waals surface area contributed by atoms with E-state index in [1.807, 2.05) is 30.5 Å². The highest BCUT2D eigenvalue weighted by Crippen LogP contribution is 2.34. The summed E-state index contributed by atoms with van der Waals surface area (Å²) in [7, 11) is 0. The van der Waals surface area contributed by atoms with Gasteiger partial charge in [-0.15, -0.1) is 0 Å². The van der Waals surface area contributed by atoms with Crippen LogP contribution in [0.5, 0.6) is 0 Å². The topological polar surface area (TPSA) is 102 Å². The van der Waals surface area contributed by atoms with Gasteiger partial charge in [-0.05, 0) is 37.3 Å². The fourth-order valence-electron chi connectivity index (χ4n) is 3.19. The summed E-state index contributed by atoms with van der Waals surface area (Å²) >= 11 is 0. The Bertz CT molecular complexity index is 1100. The van der Waals surface area contributed by atoms with Crippen LogP contribution in [-0.2, 0) is 4.79 Å². The van der Waals surface area contributed by atoms with Crippen LogP contribution in [0.3, 0.4) is 0 Å². The van der Waals surface area contributed by atoms with Crippen molar-refractivity contribution >= 4 is 29.0 Å². The van der Waals surface area contributed by atoms with Crippen LogP contribution in [-0.4, -0.2) is 27.5 Å².